The first kappa shape index (κ1) is 9.23. The molecule has 0 unspecified atom stereocenters. The standard InChI is InChI=1S/C8H12BrNS/c1-5(2)7-3-6(4-10)8(9)11-7/h3,5H,4,10H2,1-2H3. The smallest absolute Gasteiger partial charge is 0.0746 e. The van der Waals surface area contributed by atoms with E-state index >= 15 is 0 Å². The normalized spacial score (nSPS) is 11.0. The van der Waals surface area contributed by atoms with Crippen LogP contribution in [0, 0.1) is 0 Å². The average molecular weight is 234 g/mol. The molecule has 1 heterocycles. The number of halogens is 1. The summed E-state index contributed by atoms with van der Waals surface area (Å²) in [4.78, 5) is 1.40. The zero-order valence-corrected chi connectivity index (χ0v) is 9.13. The third kappa shape index (κ3) is 2.04. The zero-order chi connectivity index (χ0) is 8.43. The zero-order valence-electron chi connectivity index (χ0n) is 6.73. The highest BCUT2D eigenvalue weighted by molar-refractivity contribution is 9.11. The molecule has 1 nitrogen and oxygen atoms in total. The third-order valence-corrected chi connectivity index (χ3v) is 3.83. The number of hydrogen-bond acceptors (Lipinski definition) is 2. The Morgan fingerprint density at radius 3 is 2.55 bits per heavy atom. The van der Waals surface area contributed by atoms with E-state index in [0.29, 0.717) is 12.5 Å². The van der Waals surface area contributed by atoms with Crippen molar-refractivity contribution in [3.8, 4) is 0 Å². The number of rotatable bonds is 2. The molecule has 0 fully saturated rings. The molecule has 0 aliphatic carbocycles. The Bertz CT molecular complexity index is 242. The van der Waals surface area contributed by atoms with Gasteiger partial charge in [0.05, 0.1) is 3.79 Å². The van der Waals surface area contributed by atoms with Crippen molar-refractivity contribution in [3.63, 3.8) is 0 Å². The van der Waals surface area contributed by atoms with Crippen molar-refractivity contribution in [1.29, 1.82) is 0 Å². The Morgan fingerprint density at radius 2 is 2.27 bits per heavy atom. The molecule has 0 spiro atoms. The van der Waals surface area contributed by atoms with Crippen LogP contribution in [0.15, 0.2) is 9.85 Å². The van der Waals surface area contributed by atoms with Gasteiger partial charge in [0.15, 0.2) is 0 Å². The Hall–Kier alpha value is 0.140. The highest BCUT2D eigenvalue weighted by Gasteiger charge is 2.07. The van der Waals surface area contributed by atoms with E-state index in [4.69, 9.17) is 5.73 Å². The molecular formula is C8H12BrNS. The van der Waals surface area contributed by atoms with Crippen molar-refractivity contribution < 1.29 is 0 Å². The maximum absolute atomic E-state index is 5.54. The van der Waals surface area contributed by atoms with Crippen molar-refractivity contribution in [1.82, 2.24) is 0 Å². The average Bonchev–Trinajstić information content (AvgIpc) is 2.31. The van der Waals surface area contributed by atoms with Crippen LogP contribution in [0.25, 0.3) is 0 Å². The lowest BCUT2D eigenvalue weighted by molar-refractivity contribution is 0.887. The highest BCUT2D eigenvalue weighted by atomic mass is 79.9. The quantitative estimate of drug-likeness (QED) is 0.836. The van der Waals surface area contributed by atoms with E-state index in [-0.39, 0.29) is 0 Å². The number of nitrogens with two attached hydrogens (primary N) is 1. The Balaban J connectivity index is 2.95. The molecule has 3 heteroatoms. The lowest BCUT2D eigenvalue weighted by Gasteiger charge is -1.96. The first-order valence-electron chi connectivity index (χ1n) is 3.63. The Kier molecular flexibility index (Phi) is 3.10. The lowest BCUT2D eigenvalue weighted by atomic mass is 10.1. The molecule has 1 aromatic rings. The predicted molar refractivity (Wildman–Crippen MR) is 54.0 cm³/mol. The third-order valence-electron chi connectivity index (χ3n) is 1.57. The maximum Gasteiger partial charge on any atom is 0.0746 e. The second-order valence-corrected chi connectivity index (χ2v) is 5.21. The molecule has 11 heavy (non-hydrogen) atoms. The summed E-state index contributed by atoms with van der Waals surface area (Å²) in [7, 11) is 0. The van der Waals surface area contributed by atoms with Crippen LogP contribution in [0.1, 0.15) is 30.2 Å². The summed E-state index contributed by atoms with van der Waals surface area (Å²) < 4.78 is 1.18. The van der Waals surface area contributed by atoms with Crippen molar-refractivity contribution in [2.45, 2.75) is 26.3 Å². The van der Waals surface area contributed by atoms with Crippen LogP contribution in [0.3, 0.4) is 0 Å². The van der Waals surface area contributed by atoms with E-state index in [2.05, 4.69) is 35.8 Å². The molecular weight excluding hydrogens is 222 g/mol. The lowest BCUT2D eigenvalue weighted by Crippen LogP contribution is -1.94. The van der Waals surface area contributed by atoms with Gasteiger partial charge in [-0.3, -0.25) is 0 Å². The van der Waals surface area contributed by atoms with Crippen LogP contribution in [-0.4, -0.2) is 0 Å². The van der Waals surface area contributed by atoms with Gasteiger partial charge in [-0.2, -0.15) is 0 Å². The second-order valence-electron chi connectivity index (χ2n) is 2.81. The van der Waals surface area contributed by atoms with Crippen LogP contribution in [-0.2, 0) is 6.54 Å². The largest absolute Gasteiger partial charge is 0.326 e. The fourth-order valence-corrected chi connectivity index (χ4v) is 2.60. The number of hydrogen-bond donors (Lipinski definition) is 1. The van der Waals surface area contributed by atoms with Gasteiger partial charge >= 0.3 is 0 Å². The van der Waals surface area contributed by atoms with E-state index < -0.39 is 0 Å². The molecule has 2 N–H and O–H groups in total. The molecule has 0 atom stereocenters. The minimum Gasteiger partial charge on any atom is -0.326 e. The van der Waals surface area contributed by atoms with Crippen LogP contribution >= 0.6 is 27.3 Å². The van der Waals surface area contributed by atoms with E-state index in [0.717, 1.165) is 0 Å². The van der Waals surface area contributed by atoms with Crippen LogP contribution in [0.5, 0.6) is 0 Å². The fraction of sp³-hybridized carbons (Fsp3) is 0.500. The Morgan fingerprint density at radius 1 is 1.64 bits per heavy atom. The summed E-state index contributed by atoms with van der Waals surface area (Å²) in [5, 5.41) is 0. The first-order chi connectivity index (χ1) is 5.15. The van der Waals surface area contributed by atoms with Crippen LogP contribution < -0.4 is 5.73 Å². The molecule has 0 radical (unpaired) electrons. The summed E-state index contributed by atoms with van der Waals surface area (Å²) in [6, 6.07) is 2.18. The van der Waals surface area contributed by atoms with Crippen molar-refractivity contribution in [2.24, 2.45) is 5.73 Å². The molecule has 0 aliphatic heterocycles. The molecule has 0 aromatic carbocycles. The summed E-state index contributed by atoms with van der Waals surface area (Å²) in [6.45, 7) is 5.01. The molecule has 0 bridgehead atoms. The van der Waals surface area contributed by atoms with Gasteiger partial charge in [0.25, 0.3) is 0 Å². The number of thiophene rings is 1. The van der Waals surface area contributed by atoms with Gasteiger partial charge in [-0.25, -0.2) is 0 Å². The minimum atomic E-state index is 0.608. The molecule has 0 aliphatic rings. The van der Waals surface area contributed by atoms with Gasteiger partial charge in [0.2, 0.25) is 0 Å². The van der Waals surface area contributed by atoms with Gasteiger partial charge in [-0.15, -0.1) is 11.3 Å². The molecule has 0 saturated heterocycles. The van der Waals surface area contributed by atoms with E-state index in [9.17, 15) is 0 Å². The van der Waals surface area contributed by atoms with Crippen molar-refractivity contribution in [3.05, 3.63) is 20.3 Å². The maximum atomic E-state index is 5.54. The van der Waals surface area contributed by atoms with Crippen LogP contribution in [0.4, 0.5) is 0 Å². The second kappa shape index (κ2) is 3.70. The molecule has 1 aromatic heterocycles. The van der Waals surface area contributed by atoms with Crippen molar-refractivity contribution >= 4 is 27.3 Å². The van der Waals surface area contributed by atoms with Gasteiger partial charge in [0.1, 0.15) is 0 Å². The van der Waals surface area contributed by atoms with Gasteiger partial charge in [-0.05, 0) is 33.5 Å². The van der Waals surface area contributed by atoms with Gasteiger partial charge in [0, 0.05) is 11.4 Å². The van der Waals surface area contributed by atoms with E-state index in [1.54, 1.807) is 11.3 Å². The summed E-state index contributed by atoms with van der Waals surface area (Å²) >= 11 is 5.27. The van der Waals surface area contributed by atoms with Gasteiger partial charge in [-0.1, -0.05) is 13.8 Å². The van der Waals surface area contributed by atoms with Crippen molar-refractivity contribution in [2.75, 3.05) is 0 Å². The SMILES string of the molecule is CC(C)c1cc(CN)c(Br)s1. The Labute approximate surface area is 79.7 Å². The summed E-state index contributed by atoms with van der Waals surface area (Å²) in [5.74, 6) is 0.608. The molecule has 0 amide bonds. The van der Waals surface area contributed by atoms with Crippen LogP contribution in [0.2, 0.25) is 0 Å². The first-order valence-corrected chi connectivity index (χ1v) is 5.24. The van der Waals surface area contributed by atoms with Gasteiger partial charge < -0.3 is 5.73 Å². The highest BCUT2D eigenvalue weighted by Crippen LogP contribution is 2.32. The molecule has 0 saturated carbocycles. The van der Waals surface area contributed by atoms with E-state index in [1.165, 1.54) is 14.2 Å². The predicted octanol–water partition coefficient (Wildman–Crippen LogP) is 3.09. The topological polar surface area (TPSA) is 26.0 Å². The summed E-state index contributed by atoms with van der Waals surface area (Å²) in [6.07, 6.45) is 0. The summed E-state index contributed by atoms with van der Waals surface area (Å²) in [5.41, 5.74) is 6.76. The van der Waals surface area contributed by atoms with E-state index in [1.807, 2.05) is 0 Å². The fourth-order valence-electron chi connectivity index (χ4n) is 0.851. The molecule has 1 rings (SSSR count). The monoisotopic (exact) mass is 233 g/mol. The minimum absolute atomic E-state index is 0.608. The molecule has 62 valence electrons.